The molecule has 1 saturated carbocycles. The summed E-state index contributed by atoms with van der Waals surface area (Å²) in [5, 5.41) is 3.98. The molecule has 1 aromatic heterocycles. The second-order valence-electron chi connectivity index (χ2n) is 5.54. The molecule has 1 aromatic carbocycles. The van der Waals surface area contributed by atoms with Crippen molar-refractivity contribution in [3.05, 3.63) is 29.3 Å². The number of hydrogen-bond acceptors (Lipinski definition) is 4. The summed E-state index contributed by atoms with van der Waals surface area (Å²) in [7, 11) is 0. The van der Waals surface area contributed by atoms with Gasteiger partial charge in [-0.3, -0.25) is 4.79 Å². The number of hydrogen-bond donors (Lipinski definition) is 1. The molecule has 1 unspecified atom stereocenters. The second-order valence-corrected chi connectivity index (χ2v) is 6.65. The van der Waals surface area contributed by atoms with Crippen LogP contribution in [-0.4, -0.2) is 30.1 Å². The number of nitrogens with one attached hydrogen (secondary N) is 1. The van der Waals surface area contributed by atoms with Crippen LogP contribution in [0.5, 0.6) is 0 Å². The van der Waals surface area contributed by atoms with Crippen LogP contribution in [-0.2, 0) is 16.0 Å². The number of fused-ring (bicyclic) bond motifs is 1. The molecule has 4 nitrogen and oxygen atoms in total. The molecule has 2 aromatic rings. The Morgan fingerprint density at radius 3 is 3.05 bits per heavy atom. The Kier molecular flexibility index (Phi) is 4.51. The summed E-state index contributed by atoms with van der Waals surface area (Å²) in [6, 6.07) is 8.10. The number of carbonyl (C=O) groups excluding carboxylic acids is 1. The summed E-state index contributed by atoms with van der Waals surface area (Å²) in [5.41, 5.74) is 1.03. The Bertz CT molecular complexity index is 589. The van der Waals surface area contributed by atoms with Crippen LogP contribution in [0.15, 0.2) is 24.3 Å². The van der Waals surface area contributed by atoms with Gasteiger partial charge in [-0.25, -0.2) is 4.98 Å². The molecule has 0 bridgehead atoms. The van der Waals surface area contributed by atoms with E-state index in [-0.39, 0.29) is 12.0 Å². The first-order chi connectivity index (χ1) is 10.2. The largest absolute Gasteiger partial charge is 0.368 e. The lowest BCUT2D eigenvalue weighted by molar-refractivity contribution is -0.131. The zero-order valence-electron chi connectivity index (χ0n) is 12.2. The maximum Gasteiger partial charge on any atom is 0.248 e. The van der Waals surface area contributed by atoms with E-state index in [1.807, 2.05) is 25.1 Å². The molecule has 0 aliphatic heterocycles. The third kappa shape index (κ3) is 4.02. The van der Waals surface area contributed by atoms with Gasteiger partial charge in [0.05, 0.1) is 21.8 Å². The fourth-order valence-electron chi connectivity index (χ4n) is 2.10. The van der Waals surface area contributed by atoms with E-state index in [0.29, 0.717) is 19.1 Å². The molecule has 0 saturated heterocycles. The van der Waals surface area contributed by atoms with Crippen LogP contribution in [0.3, 0.4) is 0 Å². The molecule has 1 heterocycles. The van der Waals surface area contributed by atoms with Crippen LogP contribution in [0.2, 0.25) is 0 Å². The number of rotatable bonds is 7. The maximum atomic E-state index is 11.9. The van der Waals surface area contributed by atoms with E-state index in [9.17, 15) is 4.79 Å². The molecule has 0 radical (unpaired) electrons. The van der Waals surface area contributed by atoms with Crippen LogP contribution < -0.4 is 5.32 Å². The minimum absolute atomic E-state index is 0.0308. The number of amides is 1. The van der Waals surface area contributed by atoms with Gasteiger partial charge in [0.1, 0.15) is 6.10 Å². The number of aromatic nitrogens is 1. The molecular weight excluding hydrogens is 284 g/mol. The average Bonchev–Trinajstić information content (AvgIpc) is 3.22. The van der Waals surface area contributed by atoms with Gasteiger partial charge in [-0.1, -0.05) is 12.1 Å². The topological polar surface area (TPSA) is 51.2 Å². The number of para-hydroxylation sites is 1. The monoisotopic (exact) mass is 304 g/mol. The highest BCUT2D eigenvalue weighted by atomic mass is 32.1. The molecule has 5 heteroatoms. The summed E-state index contributed by atoms with van der Waals surface area (Å²) < 4.78 is 6.75. The highest BCUT2D eigenvalue weighted by molar-refractivity contribution is 7.18. The molecule has 21 heavy (non-hydrogen) atoms. The zero-order chi connectivity index (χ0) is 14.7. The van der Waals surface area contributed by atoms with E-state index in [1.54, 1.807) is 11.3 Å². The highest BCUT2D eigenvalue weighted by Crippen LogP contribution is 2.29. The SMILES string of the molecule is CC(OCC1CC1)C(=O)NCCc1nc2ccccc2s1. The third-order valence-corrected chi connectivity index (χ3v) is 4.72. The minimum atomic E-state index is -0.360. The van der Waals surface area contributed by atoms with Gasteiger partial charge in [-0.15, -0.1) is 11.3 Å². The Morgan fingerprint density at radius 1 is 1.48 bits per heavy atom. The van der Waals surface area contributed by atoms with E-state index >= 15 is 0 Å². The summed E-state index contributed by atoms with van der Waals surface area (Å²) in [6.45, 7) is 3.14. The van der Waals surface area contributed by atoms with Crippen LogP contribution >= 0.6 is 11.3 Å². The van der Waals surface area contributed by atoms with Crippen LogP contribution in [0, 0.1) is 5.92 Å². The summed E-state index contributed by atoms with van der Waals surface area (Å²) in [5.74, 6) is 0.653. The van der Waals surface area contributed by atoms with Crippen molar-refractivity contribution in [2.24, 2.45) is 5.92 Å². The molecule has 3 rings (SSSR count). The predicted molar refractivity (Wildman–Crippen MR) is 84.5 cm³/mol. The Hall–Kier alpha value is -1.46. The van der Waals surface area contributed by atoms with Gasteiger partial charge in [0, 0.05) is 13.0 Å². The smallest absolute Gasteiger partial charge is 0.248 e. The van der Waals surface area contributed by atoms with Crippen LogP contribution in [0.1, 0.15) is 24.8 Å². The normalized spacial score (nSPS) is 16.0. The fourth-order valence-corrected chi connectivity index (χ4v) is 3.07. The molecular formula is C16H20N2O2S. The van der Waals surface area contributed by atoms with Crippen molar-refractivity contribution in [1.29, 1.82) is 0 Å². The van der Waals surface area contributed by atoms with Crippen LogP contribution in [0.4, 0.5) is 0 Å². The molecule has 0 spiro atoms. The van der Waals surface area contributed by atoms with Gasteiger partial charge >= 0.3 is 0 Å². The molecule has 1 amide bonds. The molecule has 1 atom stereocenters. The van der Waals surface area contributed by atoms with E-state index in [2.05, 4.69) is 16.4 Å². The number of thiazole rings is 1. The van der Waals surface area contributed by atoms with Crippen molar-refractivity contribution in [3.63, 3.8) is 0 Å². The highest BCUT2D eigenvalue weighted by Gasteiger charge is 2.23. The van der Waals surface area contributed by atoms with Crippen molar-refractivity contribution in [2.75, 3.05) is 13.2 Å². The zero-order valence-corrected chi connectivity index (χ0v) is 13.0. The van der Waals surface area contributed by atoms with Gasteiger partial charge in [0.15, 0.2) is 0 Å². The lowest BCUT2D eigenvalue weighted by Crippen LogP contribution is -2.36. The van der Waals surface area contributed by atoms with Crippen molar-refractivity contribution >= 4 is 27.5 Å². The first kappa shape index (κ1) is 14.5. The van der Waals surface area contributed by atoms with Crippen molar-refractivity contribution in [3.8, 4) is 0 Å². The third-order valence-electron chi connectivity index (χ3n) is 3.62. The van der Waals surface area contributed by atoms with Crippen LogP contribution in [0.25, 0.3) is 10.2 Å². The average molecular weight is 304 g/mol. The van der Waals surface area contributed by atoms with E-state index in [0.717, 1.165) is 16.9 Å². The van der Waals surface area contributed by atoms with Gasteiger partial charge in [-0.05, 0) is 37.8 Å². The molecule has 1 N–H and O–H groups in total. The Balaban J connectivity index is 1.43. The standard InChI is InChI=1S/C16H20N2O2S/c1-11(20-10-12-6-7-12)16(19)17-9-8-15-18-13-4-2-3-5-14(13)21-15/h2-5,11-12H,6-10H2,1H3,(H,17,19). The summed E-state index contributed by atoms with van der Waals surface area (Å²) in [4.78, 5) is 16.4. The summed E-state index contributed by atoms with van der Waals surface area (Å²) in [6.07, 6.45) is 2.89. The van der Waals surface area contributed by atoms with Gasteiger partial charge in [0.2, 0.25) is 5.91 Å². The molecule has 1 aliphatic carbocycles. The Morgan fingerprint density at radius 2 is 2.29 bits per heavy atom. The summed E-state index contributed by atoms with van der Waals surface area (Å²) >= 11 is 1.69. The van der Waals surface area contributed by atoms with Crippen molar-refractivity contribution in [2.45, 2.75) is 32.3 Å². The predicted octanol–water partition coefficient (Wildman–Crippen LogP) is 2.77. The Labute approximate surface area is 128 Å². The van der Waals surface area contributed by atoms with Gasteiger partial charge in [-0.2, -0.15) is 0 Å². The fraction of sp³-hybridized carbons (Fsp3) is 0.500. The molecule has 1 fully saturated rings. The lowest BCUT2D eigenvalue weighted by atomic mass is 10.3. The van der Waals surface area contributed by atoms with Crippen molar-refractivity contribution in [1.82, 2.24) is 10.3 Å². The van der Waals surface area contributed by atoms with Gasteiger partial charge in [0.25, 0.3) is 0 Å². The minimum Gasteiger partial charge on any atom is -0.368 e. The van der Waals surface area contributed by atoms with E-state index < -0.39 is 0 Å². The lowest BCUT2D eigenvalue weighted by Gasteiger charge is -2.12. The first-order valence-electron chi connectivity index (χ1n) is 7.46. The number of ether oxygens (including phenoxy) is 1. The van der Waals surface area contributed by atoms with E-state index in [1.165, 1.54) is 17.5 Å². The molecule has 112 valence electrons. The van der Waals surface area contributed by atoms with Gasteiger partial charge < -0.3 is 10.1 Å². The number of nitrogens with zero attached hydrogens (tertiary/aromatic N) is 1. The van der Waals surface area contributed by atoms with Crippen molar-refractivity contribution < 1.29 is 9.53 Å². The second kappa shape index (κ2) is 6.54. The maximum absolute atomic E-state index is 11.9. The number of carbonyl (C=O) groups is 1. The quantitative estimate of drug-likeness (QED) is 0.856. The molecule has 1 aliphatic rings. The van der Waals surface area contributed by atoms with E-state index in [4.69, 9.17) is 4.74 Å². The first-order valence-corrected chi connectivity index (χ1v) is 8.28. The number of benzene rings is 1.